The van der Waals surface area contributed by atoms with E-state index in [0.29, 0.717) is 28.9 Å². The first-order valence-electron chi connectivity index (χ1n) is 11.3. The van der Waals surface area contributed by atoms with E-state index in [1.165, 1.54) is 18.2 Å². The van der Waals surface area contributed by atoms with Gasteiger partial charge in [0, 0.05) is 17.8 Å². The highest BCUT2D eigenvalue weighted by Gasteiger charge is 2.28. The van der Waals surface area contributed by atoms with E-state index in [1.54, 1.807) is 61.5 Å². The molecule has 0 unspecified atom stereocenters. The monoisotopic (exact) mass is 507 g/mol. The van der Waals surface area contributed by atoms with Gasteiger partial charge in [-0.3, -0.25) is 9.59 Å². The van der Waals surface area contributed by atoms with Crippen LogP contribution < -0.4 is 15.4 Å². The van der Waals surface area contributed by atoms with E-state index in [1.807, 2.05) is 0 Å². The fourth-order valence-corrected chi connectivity index (χ4v) is 5.06. The number of aryl methyl sites for hydroxylation is 1. The Balaban J connectivity index is 1.60. The third kappa shape index (κ3) is 5.78. The fourth-order valence-electron chi connectivity index (χ4n) is 3.82. The summed E-state index contributed by atoms with van der Waals surface area (Å²) in [6.45, 7) is 1.90. The molecule has 0 aliphatic carbocycles. The van der Waals surface area contributed by atoms with Crippen molar-refractivity contribution in [3.63, 3.8) is 0 Å². The van der Waals surface area contributed by atoms with Gasteiger partial charge in [0.15, 0.2) is 0 Å². The Morgan fingerprint density at radius 3 is 2.53 bits per heavy atom. The molecule has 3 N–H and O–H groups in total. The summed E-state index contributed by atoms with van der Waals surface area (Å²) >= 11 is 0. The van der Waals surface area contributed by atoms with Gasteiger partial charge in [0.25, 0.3) is 0 Å². The summed E-state index contributed by atoms with van der Waals surface area (Å²) in [5.74, 6) is -1.28. The number of rotatable bonds is 8. The molecule has 0 spiro atoms. The maximum Gasteiger partial charge on any atom is 0.338 e. The second-order valence-corrected chi connectivity index (χ2v) is 9.84. The molecule has 9 nitrogen and oxygen atoms in total. The molecule has 186 valence electrons. The molecule has 3 aromatic rings. The molecule has 1 heterocycles. The van der Waals surface area contributed by atoms with Crippen molar-refractivity contribution in [2.24, 2.45) is 0 Å². The number of anilines is 2. The summed E-state index contributed by atoms with van der Waals surface area (Å²) in [7, 11) is -4.12. The van der Waals surface area contributed by atoms with Gasteiger partial charge in [-0.15, -0.1) is 0 Å². The molecule has 1 aliphatic rings. The van der Waals surface area contributed by atoms with E-state index in [4.69, 9.17) is 4.74 Å². The van der Waals surface area contributed by atoms with Gasteiger partial charge in [-0.1, -0.05) is 36.4 Å². The van der Waals surface area contributed by atoms with Crippen LogP contribution in [0.5, 0.6) is 0 Å². The van der Waals surface area contributed by atoms with Crippen LogP contribution in [0.3, 0.4) is 0 Å². The lowest BCUT2D eigenvalue weighted by Crippen LogP contribution is -2.37. The van der Waals surface area contributed by atoms with E-state index >= 15 is 0 Å². The number of carbonyl (C=O) groups is 3. The number of ether oxygens (including phenoxy) is 1. The minimum atomic E-state index is -4.12. The summed E-state index contributed by atoms with van der Waals surface area (Å²) < 4.78 is 34.1. The molecule has 2 amide bonds. The van der Waals surface area contributed by atoms with Crippen LogP contribution in [0.25, 0.3) is 0 Å². The molecule has 0 fully saturated rings. The number of amides is 2. The molecule has 3 aromatic carbocycles. The molecular weight excluding hydrogens is 482 g/mol. The molecule has 4 rings (SSSR count). The number of nitrogens with one attached hydrogen (secondary N) is 3. The lowest BCUT2D eigenvalue weighted by Gasteiger charge is -2.21. The third-order valence-corrected chi connectivity index (χ3v) is 7.01. The number of carbonyl (C=O) groups excluding carboxylic acids is 3. The van der Waals surface area contributed by atoms with Gasteiger partial charge in [0.05, 0.1) is 17.1 Å². The fraction of sp³-hybridized carbons (Fsp3) is 0.192. The molecule has 1 aliphatic heterocycles. The molecule has 0 radical (unpaired) electrons. The second-order valence-electron chi connectivity index (χ2n) is 8.12. The molecule has 0 aromatic heterocycles. The van der Waals surface area contributed by atoms with E-state index in [0.717, 1.165) is 0 Å². The van der Waals surface area contributed by atoms with Crippen LogP contribution in [0.15, 0.2) is 77.7 Å². The maximum absolute atomic E-state index is 13.3. The van der Waals surface area contributed by atoms with Crippen LogP contribution in [-0.4, -0.2) is 32.8 Å². The highest BCUT2D eigenvalue weighted by molar-refractivity contribution is 7.89. The normalized spacial score (nSPS) is 13.8. The topological polar surface area (TPSA) is 131 Å². The van der Waals surface area contributed by atoms with E-state index in [2.05, 4.69) is 15.4 Å². The predicted molar refractivity (Wildman–Crippen MR) is 134 cm³/mol. The Morgan fingerprint density at radius 1 is 1.00 bits per heavy atom. The highest BCUT2D eigenvalue weighted by atomic mass is 32.2. The Kier molecular flexibility index (Phi) is 7.47. The number of esters is 1. The van der Waals surface area contributed by atoms with E-state index in [9.17, 15) is 22.8 Å². The number of fused-ring (bicyclic) bond motifs is 1. The van der Waals surface area contributed by atoms with Crippen molar-refractivity contribution in [3.8, 4) is 0 Å². The molecule has 36 heavy (non-hydrogen) atoms. The lowest BCUT2D eigenvalue weighted by atomic mass is 10.0. The van der Waals surface area contributed by atoms with Gasteiger partial charge >= 0.3 is 5.97 Å². The Morgan fingerprint density at radius 2 is 1.78 bits per heavy atom. The summed E-state index contributed by atoms with van der Waals surface area (Å²) in [5.41, 5.74) is 2.28. The van der Waals surface area contributed by atoms with E-state index in [-0.39, 0.29) is 29.4 Å². The molecule has 10 heteroatoms. The molecule has 1 atom stereocenters. The molecule has 0 bridgehead atoms. The summed E-state index contributed by atoms with van der Waals surface area (Å²) in [6, 6.07) is 17.8. The summed E-state index contributed by atoms with van der Waals surface area (Å²) in [6.07, 6.45) is 0.688. The quantitative estimate of drug-likeness (QED) is 0.401. The highest BCUT2D eigenvalue weighted by Crippen LogP contribution is 2.27. The Labute approximate surface area is 208 Å². The minimum Gasteiger partial charge on any atom is -0.462 e. The second kappa shape index (κ2) is 10.7. The van der Waals surface area contributed by atoms with Crippen molar-refractivity contribution in [1.82, 2.24) is 4.72 Å². The van der Waals surface area contributed by atoms with Gasteiger partial charge in [-0.05, 0) is 60.9 Å². The maximum atomic E-state index is 13.3. The molecular formula is C26H25N3O6S. The van der Waals surface area contributed by atoms with Gasteiger partial charge in [0.2, 0.25) is 21.8 Å². The third-order valence-electron chi connectivity index (χ3n) is 5.59. The zero-order valence-electron chi connectivity index (χ0n) is 19.5. The predicted octanol–water partition coefficient (Wildman–Crippen LogP) is 3.41. The number of hydrogen-bond donors (Lipinski definition) is 3. The average molecular weight is 508 g/mol. The largest absolute Gasteiger partial charge is 0.462 e. The molecule has 0 saturated heterocycles. The smallest absolute Gasteiger partial charge is 0.338 e. The lowest BCUT2D eigenvalue weighted by molar-refractivity contribution is -0.118. The minimum absolute atomic E-state index is 0.0181. The number of benzene rings is 3. The van der Waals surface area contributed by atoms with Crippen LogP contribution in [-0.2, 0) is 30.8 Å². The van der Waals surface area contributed by atoms with Crippen molar-refractivity contribution in [2.45, 2.75) is 30.7 Å². The van der Waals surface area contributed by atoms with Gasteiger partial charge in [0.1, 0.15) is 6.04 Å². The van der Waals surface area contributed by atoms with Crippen molar-refractivity contribution < 1.29 is 27.5 Å². The average Bonchev–Trinajstić information content (AvgIpc) is 2.87. The first-order chi connectivity index (χ1) is 17.3. The Hall–Kier alpha value is -4.02. The summed E-state index contributed by atoms with van der Waals surface area (Å²) in [4.78, 5) is 36.9. The number of hydrogen-bond acceptors (Lipinski definition) is 6. The van der Waals surface area contributed by atoms with Gasteiger partial charge in [-0.25, -0.2) is 13.2 Å². The standard InChI is InChI=1S/C26H25N3O6S/c1-2-35-26(32)19-9-6-10-20(15-19)27-25(31)24(17-7-4-3-5-8-17)29-36(33,34)21-12-13-22-18(16-21)11-14-23(30)28-22/h3-10,12-13,15-16,24,29H,2,11,14H2,1H3,(H,27,31)(H,28,30)/t24-/m1/s1. The van der Waals surface area contributed by atoms with Crippen LogP contribution in [0.1, 0.15) is 40.9 Å². The van der Waals surface area contributed by atoms with Crippen molar-refractivity contribution in [3.05, 3.63) is 89.5 Å². The molecule has 0 saturated carbocycles. The van der Waals surface area contributed by atoms with Gasteiger partial charge < -0.3 is 15.4 Å². The van der Waals surface area contributed by atoms with Crippen molar-refractivity contribution in [2.75, 3.05) is 17.2 Å². The SMILES string of the molecule is CCOC(=O)c1cccc(NC(=O)[C@H](NS(=O)(=O)c2ccc3c(c2)CCC(=O)N3)c2ccccc2)c1. The Bertz CT molecular complexity index is 1410. The first kappa shape index (κ1) is 25.1. The van der Waals surface area contributed by atoms with Crippen molar-refractivity contribution >= 4 is 39.2 Å². The van der Waals surface area contributed by atoms with Crippen LogP contribution >= 0.6 is 0 Å². The number of sulfonamides is 1. The zero-order valence-corrected chi connectivity index (χ0v) is 20.3. The first-order valence-corrected chi connectivity index (χ1v) is 12.8. The summed E-state index contributed by atoms with van der Waals surface area (Å²) in [5, 5.41) is 5.41. The van der Waals surface area contributed by atoms with Crippen LogP contribution in [0.2, 0.25) is 0 Å². The van der Waals surface area contributed by atoms with Gasteiger partial charge in [-0.2, -0.15) is 4.72 Å². The van der Waals surface area contributed by atoms with Crippen LogP contribution in [0.4, 0.5) is 11.4 Å². The van der Waals surface area contributed by atoms with Crippen LogP contribution in [0, 0.1) is 0 Å². The van der Waals surface area contributed by atoms with Crippen molar-refractivity contribution in [1.29, 1.82) is 0 Å². The van der Waals surface area contributed by atoms with E-state index < -0.39 is 27.9 Å². The zero-order chi connectivity index (χ0) is 25.7.